The van der Waals surface area contributed by atoms with E-state index >= 15 is 0 Å². The van der Waals surface area contributed by atoms with Gasteiger partial charge in [0.2, 0.25) is 0 Å². The van der Waals surface area contributed by atoms with Crippen molar-refractivity contribution in [3.63, 3.8) is 0 Å². The first-order chi connectivity index (χ1) is 13.1. The van der Waals surface area contributed by atoms with Gasteiger partial charge >= 0.3 is 12.1 Å². The van der Waals surface area contributed by atoms with Crippen molar-refractivity contribution in [2.75, 3.05) is 13.7 Å². The van der Waals surface area contributed by atoms with Crippen LogP contribution >= 0.6 is 0 Å². The van der Waals surface area contributed by atoms with Gasteiger partial charge in [0.1, 0.15) is 23.9 Å². The summed E-state index contributed by atoms with van der Waals surface area (Å²) in [4.78, 5) is 12.4. The van der Waals surface area contributed by atoms with E-state index in [1.54, 1.807) is 19.2 Å². The molecule has 2 aromatic carbocycles. The summed E-state index contributed by atoms with van der Waals surface area (Å²) in [5.41, 5.74) is -2.49. The zero-order valence-electron chi connectivity index (χ0n) is 15.2. The molecule has 1 aliphatic rings. The molecule has 0 fully saturated rings. The van der Waals surface area contributed by atoms with Crippen LogP contribution in [0.1, 0.15) is 18.1 Å². The standard InChI is InChI=1S/C20H19F3O5/c1-19(25,20(21,22)23)14-4-7-15(8-5-14)28-18(24)13-9-12-3-6-16(26-2)10-17(12)27-11-13/h3-8,10,13,25H,9,11H2,1-2H3. The number of rotatable bonds is 4. The van der Waals surface area contributed by atoms with Gasteiger partial charge in [0.25, 0.3) is 0 Å². The van der Waals surface area contributed by atoms with E-state index in [0.717, 1.165) is 17.7 Å². The number of hydrogen-bond acceptors (Lipinski definition) is 5. The van der Waals surface area contributed by atoms with E-state index in [0.29, 0.717) is 24.8 Å². The van der Waals surface area contributed by atoms with E-state index in [4.69, 9.17) is 14.2 Å². The van der Waals surface area contributed by atoms with Crippen molar-refractivity contribution in [3.8, 4) is 17.2 Å². The molecule has 1 aliphatic heterocycles. The van der Waals surface area contributed by atoms with Gasteiger partial charge < -0.3 is 19.3 Å². The third-order valence-electron chi connectivity index (χ3n) is 4.70. The SMILES string of the molecule is COc1ccc2c(c1)OCC(C(=O)Oc1ccc(C(C)(O)C(F)(F)F)cc1)C2. The number of alkyl halides is 3. The van der Waals surface area contributed by atoms with Gasteiger partial charge in [-0.15, -0.1) is 0 Å². The van der Waals surface area contributed by atoms with Crippen molar-refractivity contribution in [1.82, 2.24) is 0 Å². The van der Waals surface area contributed by atoms with Crippen LogP contribution in [-0.2, 0) is 16.8 Å². The van der Waals surface area contributed by atoms with Crippen molar-refractivity contribution in [2.24, 2.45) is 5.92 Å². The molecule has 2 unspecified atom stereocenters. The van der Waals surface area contributed by atoms with Gasteiger partial charge in [-0.3, -0.25) is 4.79 Å². The predicted molar refractivity (Wildman–Crippen MR) is 93.4 cm³/mol. The van der Waals surface area contributed by atoms with E-state index in [1.807, 2.05) is 6.07 Å². The fourth-order valence-corrected chi connectivity index (χ4v) is 2.84. The maximum Gasteiger partial charge on any atom is 0.421 e. The van der Waals surface area contributed by atoms with Crippen LogP contribution in [0.4, 0.5) is 13.2 Å². The van der Waals surface area contributed by atoms with Crippen LogP contribution in [0.3, 0.4) is 0 Å². The number of methoxy groups -OCH3 is 1. The minimum absolute atomic E-state index is 0.0900. The average Bonchev–Trinajstić information content (AvgIpc) is 2.66. The van der Waals surface area contributed by atoms with Gasteiger partial charge in [-0.25, -0.2) is 0 Å². The third-order valence-corrected chi connectivity index (χ3v) is 4.70. The van der Waals surface area contributed by atoms with E-state index < -0.39 is 23.7 Å². The highest BCUT2D eigenvalue weighted by molar-refractivity contribution is 5.76. The number of esters is 1. The summed E-state index contributed by atoms with van der Waals surface area (Å²) in [5.74, 6) is 0.291. The second-order valence-electron chi connectivity index (χ2n) is 6.70. The first-order valence-corrected chi connectivity index (χ1v) is 8.53. The van der Waals surface area contributed by atoms with Crippen molar-refractivity contribution in [2.45, 2.75) is 25.1 Å². The van der Waals surface area contributed by atoms with E-state index in [9.17, 15) is 23.1 Å². The van der Waals surface area contributed by atoms with Gasteiger partial charge in [-0.1, -0.05) is 18.2 Å². The molecule has 0 aliphatic carbocycles. The molecule has 5 nitrogen and oxygen atoms in total. The van der Waals surface area contributed by atoms with Crippen molar-refractivity contribution in [1.29, 1.82) is 0 Å². The van der Waals surface area contributed by atoms with Gasteiger partial charge in [0.15, 0.2) is 5.60 Å². The van der Waals surface area contributed by atoms with Crippen LogP contribution < -0.4 is 14.2 Å². The lowest BCUT2D eigenvalue weighted by molar-refractivity contribution is -0.258. The van der Waals surface area contributed by atoms with Crippen LogP contribution in [0.15, 0.2) is 42.5 Å². The fourth-order valence-electron chi connectivity index (χ4n) is 2.84. The lowest BCUT2D eigenvalue weighted by Gasteiger charge is -2.27. The van der Waals surface area contributed by atoms with Crippen LogP contribution in [0.25, 0.3) is 0 Å². The predicted octanol–water partition coefficient (Wildman–Crippen LogP) is 3.62. The molecule has 0 amide bonds. The van der Waals surface area contributed by atoms with Crippen LogP contribution in [0.5, 0.6) is 17.2 Å². The minimum Gasteiger partial charge on any atom is -0.497 e. The zero-order valence-corrected chi connectivity index (χ0v) is 15.2. The maximum atomic E-state index is 12.9. The monoisotopic (exact) mass is 396 g/mol. The van der Waals surface area contributed by atoms with Gasteiger partial charge in [-0.2, -0.15) is 13.2 Å². The Hall–Kier alpha value is -2.74. The highest BCUT2D eigenvalue weighted by atomic mass is 19.4. The Labute approximate surface area is 159 Å². The minimum atomic E-state index is -4.82. The molecule has 0 saturated heterocycles. The lowest BCUT2D eigenvalue weighted by Crippen LogP contribution is -2.39. The van der Waals surface area contributed by atoms with Gasteiger partial charge in [-0.05, 0) is 42.7 Å². The Morgan fingerprint density at radius 2 is 1.79 bits per heavy atom. The molecule has 2 aromatic rings. The highest BCUT2D eigenvalue weighted by Gasteiger charge is 2.51. The Balaban J connectivity index is 1.67. The molecule has 1 N–H and O–H groups in total. The fraction of sp³-hybridized carbons (Fsp3) is 0.350. The molecule has 8 heteroatoms. The summed E-state index contributed by atoms with van der Waals surface area (Å²) in [6, 6.07) is 9.90. The summed E-state index contributed by atoms with van der Waals surface area (Å²) in [5, 5.41) is 9.67. The molecule has 150 valence electrons. The summed E-state index contributed by atoms with van der Waals surface area (Å²) < 4.78 is 54.6. The summed E-state index contributed by atoms with van der Waals surface area (Å²) in [6.07, 6.45) is -4.40. The summed E-state index contributed by atoms with van der Waals surface area (Å²) in [7, 11) is 1.55. The molecule has 2 atom stereocenters. The van der Waals surface area contributed by atoms with Crippen molar-refractivity contribution in [3.05, 3.63) is 53.6 Å². The summed E-state index contributed by atoms with van der Waals surface area (Å²) in [6.45, 7) is 0.791. The van der Waals surface area contributed by atoms with E-state index in [2.05, 4.69) is 0 Å². The molecule has 28 heavy (non-hydrogen) atoms. The second kappa shape index (κ2) is 7.35. The Morgan fingerprint density at radius 1 is 1.14 bits per heavy atom. The number of hydrogen-bond donors (Lipinski definition) is 1. The Bertz CT molecular complexity index is 859. The molecule has 0 bridgehead atoms. The van der Waals surface area contributed by atoms with Crippen LogP contribution in [0, 0.1) is 5.92 Å². The van der Waals surface area contributed by atoms with Crippen LogP contribution in [0.2, 0.25) is 0 Å². The lowest BCUT2D eigenvalue weighted by atomic mass is 9.95. The highest BCUT2D eigenvalue weighted by Crippen LogP contribution is 2.39. The third kappa shape index (κ3) is 3.91. The molecular weight excluding hydrogens is 377 g/mol. The van der Waals surface area contributed by atoms with Crippen LogP contribution in [-0.4, -0.2) is 31.0 Å². The number of ether oxygens (including phenoxy) is 3. The molecule has 0 saturated carbocycles. The van der Waals surface area contributed by atoms with Crippen molar-refractivity contribution < 1.29 is 37.3 Å². The number of aliphatic hydroxyl groups is 1. The second-order valence-corrected chi connectivity index (χ2v) is 6.70. The maximum absolute atomic E-state index is 12.9. The van der Waals surface area contributed by atoms with E-state index in [1.165, 1.54) is 12.1 Å². The van der Waals surface area contributed by atoms with Gasteiger partial charge in [0.05, 0.1) is 13.0 Å². The molecule has 0 aromatic heterocycles. The smallest absolute Gasteiger partial charge is 0.421 e. The van der Waals surface area contributed by atoms with Crippen molar-refractivity contribution >= 4 is 5.97 Å². The topological polar surface area (TPSA) is 65.0 Å². The summed E-state index contributed by atoms with van der Waals surface area (Å²) >= 11 is 0. The Morgan fingerprint density at radius 3 is 2.39 bits per heavy atom. The van der Waals surface area contributed by atoms with E-state index in [-0.39, 0.29) is 17.9 Å². The normalized spacial score (nSPS) is 18.4. The molecule has 0 spiro atoms. The molecule has 1 heterocycles. The number of carbonyl (C=O) groups excluding carboxylic acids is 1. The first kappa shape index (κ1) is 20.0. The van der Waals surface area contributed by atoms with Gasteiger partial charge in [0, 0.05) is 6.07 Å². The number of halogens is 3. The molecule has 0 radical (unpaired) electrons. The zero-order chi connectivity index (χ0) is 20.5. The largest absolute Gasteiger partial charge is 0.497 e. The Kier molecular flexibility index (Phi) is 5.25. The number of carbonyl (C=O) groups is 1. The first-order valence-electron chi connectivity index (χ1n) is 8.53. The average molecular weight is 396 g/mol. The number of benzene rings is 2. The molecule has 3 rings (SSSR count). The number of fused-ring (bicyclic) bond motifs is 1. The quantitative estimate of drug-likeness (QED) is 0.632. The molecular formula is C20H19F3O5.